The van der Waals surface area contributed by atoms with Crippen molar-refractivity contribution in [2.75, 3.05) is 19.0 Å². The van der Waals surface area contributed by atoms with Crippen LogP contribution in [0.25, 0.3) is 16.9 Å². The van der Waals surface area contributed by atoms with Crippen LogP contribution in [0.2, 0.25) is 0 Å². The molecule has 0 aliphatic heterocycles. The van der Waals surface area contributed by atoms with Crippen LogP contribution in [-0.4, -0.2) is 28.3 Å². The zero-order chi connectivity index (χ0) is 14.7. The number of benzene rings is 1. The van der Waals surface area contributed by atoms with E-state index in [0.717, 1.165) is 41.4 Å². The van der Waals surface area contributed by atoms with Crippen LogP contribution in [0.5, 0.6) is 5.75 Å². The van der Waals surface area contributed by atoms with Gasteiger partial charge < -0.3 is 10.1 Å². The third kappa shape index (κ3) is 2.67. The molecule has 0 saturated carbocycles. The SMILES string of the molecule is CCCNc1ccc2ncc(-c3ccc(OC)cc3)n2n1. The van der Waals surface area contributed by atoms with Gasteiger partial charge in [-0.25, -0.2) is 9.50 Å². The molecule has 0 aliphatic rings. The fourth-order valence-electron chi connectivity index (χ4n) is 2.18. The topological polar surface area (TPSA) is 51.5 Å². The molecule has 21 heavy (non-hydrogen) atoms. The van der Waals surface area contributed by atoms with E-state index >= 15 is 0 Å². The normalized spacial score (nSPS) is 10.8. The second-order valence-corrected chi connectivity index (χ2v) is 4.79. The Kier molecular flexibility index (Phi) is 3.73. The number of hydrogen-bond acceptors (Lipinski definition) is 4. The summed E-state index contributed by atoms with van der Waals surface area (Å²) in [7, 11) is 1.66. The molecule has 0 amide bonds. The van der Waals surface area contributed by atoms with Crippen molar-refractivity contribution in [2.24, 2.45) is 0 Å². The van der Waals surface area contributed by atoms with Crippen molar-refractivity contribution >= 4 is 11.5 Å². The van der Waals surface area contributed by atoms with Crippen molar-refractivity contribution in [2.45, 2.75) is 13.3 Å². The number of aromatic nitrogens is 3. The minimum atomic E-state index is 0.836. The lowest BCUT2D eigenvalue weighted by Gasteiger charge is -2.06. The van der Waals surface area contributed by atoms with Crippen molar-refractivity contribution in [1.29, 1.82) is 0 Å². The zero-order valence-electron chi connectivity index (χ0n) is 12.2. The predicted octanol–water partition coefficient (Wildman–Crippen LogP) is 3.23. The molecule has 1 aromatic carbocycles. The van der Waals surface area contributed by atoms with Crippen LogP contribution in [0.1, 0.15) is 13.3 Å². The maximum atomic E-state index is 5.19. The number of nitrogens with zero attached hydrogens (tertiary/aromatic N) is 3. The molecule has 2 aromatic heterocycles. The summed E-state index contributed by atoms with van der Waals surface area (Å²) in [5, 5.41) is 7.90. The molecule has 3 aromatic rings. The smallest absolute Gasteiger partial charge is 0.154 e. The Labute approximate surface area is 123 Å². The van der Waals surface area contributed by atoms with Gasteiger partial charge in [-0.3, -0.25) is 0 Å². The van der Waals surface area contributed by atoms with E-state index in [0.29, 0.717) is 0 Å². The Morgan fingerprint density at radius 2 is 1.95 bits per heavy atom. The van der Waals surface area contributed by atoms with Gasteiger partial charge in [0.1, 0.15) is 11.6 Å². The van der Waals surface area contributed by atoms with E-state index in [1.807, 2.05) is 47.1 Å². The summed E-state index contributed by atoms with van der Waals surface area (Å²) in [6, 6.07) is 11.8. The molecule has 0 aliphatic carbocycles. The van der Waals surface area contributed by atoms with E-state index in [9.17, 15) is 0 Å². The predicted molar refractivity (Wildman–Crippen MR) is 83.8 cm³/mol. The first-order valence-electron chi connectivity index (χ1n) is 7.05. The van der Waals surface area contributed by atoms with Gasteiger partial charge in [-0.1, -0.05) is 6.92 Å². The number of anilines is 1. The molecule has 0 unspecified atom stereocenters. The van der Waals surface area contributed by atoms with E-state index < -0.39 is 0 Å². The molecule has 0 atom stereocenters. The van der Waals surface area contributed by atoms with Crippen LogP contribution in [0.15, 0.2) is 42.6 Å². The molecule has 5 nitrogen and oxygen atoms in total. The fraction of sp³-hybridized carbons (Fsp3) is 0.250. The lowest BCUT2D eigenvalue weighted by atomic mass is 10.1. The van der Waals surface area contributed by atoms with Crippen molar-refractivity contribution < 1.29 is 4.74 Å². The van der Waals surface area contributed by atoms with Gasteiger partial charge in [-0.15, -0.1) is 5.10 Å². The van der Waals surface area contributed by atoms with Gasteiger partial charge in [0.05, 0.1) is 19.0 Å². The Morgan fingerprint density at radius 1 is 1.14 bits per heavy atom. The van der Waals surface area contributed by atoms with Crippen molar-refractivity contribution in [3.8, 4) is 17.0 Å². The highest BCUT2D eigenvalue weighted by Gasteiger charge is 2.08. The summed E-state index contributed by atoms with van der Waals surface area (Å²) in [6.07, 6.45) is 2.91. The molecule has 108 valence electrons. The molecule has 0 radical (unpaired) electrons. The van der Waals surface area contributed by atoms with Crippen LogP contribution in [0.3, 0.4) is 0 Å². The van der Waals surface area contributed by atoms with Crippen LogP contribution >= 0.6 is 0 Å². The van der Waals surface area contributed by atoms with Gasteiger partial charge in [0.2, 0.25) is 0 Å². The number of nitrogens with one attached hydrogen (secondary N) is 1. The fourth-order valence-corrected chi connectivity index (χ4v) is 2.18. The number of rotatable bonds is 5. The van der Waals surface area contributed by atoms with E-state index in [2.05, 4.69) is 22.3 Å². The lowest BCUT2D eigenvalue weighted by Crippen LogP contribution is -2.05. The summed E-state index contributed by atoms with van der Waals surface area (Å²) in [5.41, 5.74) is 2.86. The Hall–Kier alpha value is -2.56. The summed E-state index contributed by atoms with van der Waals surface area (Å²) < 4.78 is 7.05. The summed E-state index contributed by atoms with van der Waals surface area (Å²) in [6.45, 7) is 3.04. The monoisotopic (exact) mass is 282 g/mol. The second-order valence-electron chi connectivity index (χ2n) is 4.79. The number of methoxy groups -OCH3 is 1. The van der Waals surface area contributed by atoms with Crippen LogP contribution in [0.4, 0.5) is 5.82 Å². The highest BCUT2D eigenvalue weighted by Crippen LogP contribution is 2.23. The quantitative estimate of drug-likeness (QED) is 0.780. The standard InChI is InChI=1S/C16H18N4O/c1-3-10-17-15-8-9-16-18-11-14(20(16)19-15)12-4-6-13(21-2)7-5-12/h4-9,11H,3,10H2,1-2H3,(H,17,19). The number of fused-ring (bicyclic) bond motifs is 1. The summed E-state index contributed by atoms with van der Waals surface area (Å²) in [4.78, 5) is 4.40. The summed E-state index contributed by atoms with van der Waals surface area (Å²) in [5.74, 6) is 1.70. The third-order valence-electron chi connectivity index (χ3n) is 3.30. The first kappa shape index (κ1) is 13.4. The average molecular weight is 282 g/mol. The van der Waals surface area contributed by atoms with E-state index in [4.69, 9.17) is 4.74 Å². The molecular weight excluding hydrogens is 264 g/mol. The largest absolute Gasteiger partial charge is 0.497 e. The van der Waals surface area contributed by atoms with E-state index in [-0.39, 0.29) is 0 Å². The van der Waals surface area contributed by atoms with Crippen LogP contribution in [0, 0.1) is 0 Å². The summed E-state index contributed by atoms with van der Waals surface area (Å²) >= 11 is 0. The van der Waals surface area contributed by atoms with Gasteiger partial charge in [0.15, 0.2) is 5.65 Å². The van der Waals surface area contributed by atoms with Crippen LogP contribution < -0.4 is 10.1 Å². The van der Waals surface area contributed by atoms with Gasteiger partial charge in [0.25, 0.3) is 0 Å². The van der Waals surface area contributed by atoms with E-state index in [1.54, 1.807) is 7.11 Å². The molecule has 0 saturated heterocycles. The molecule has 2 heterocycles. The zero-order valence-corrected chi connectivity index (χ0v) is 12.2. The van der Waals surface area contributed by atoms with Gasteiger partial charge >= 0.3 is 0 Å². The average Bonchev–Trinajstić information content (AvgIpc) is 2.96. The minimum absolute atomic E-state index is 0.836. The Bertz CT molecular complexity index is 734. The minimum Gasteiger partial charge on any atom is -0.497 e. The van der Waals surface area contributed by atoms with Gasteiger partial charge in [-0.2, -0.15) is 0 Å². The highest BCUT2D eigenvalue weighted by atomic mass is 16.5. The Morgan fingerprint density at radius 3 is 2.67 bits per heavy atom. The number of hydrogen-bond donors (Lipinski definition) is 1. The Balaban J connectivity index is 2.00. The molecule has 0 fully saturated rings. The number of ether oxygens (including phenoxy) is 1. The molecular formula is C16H18N4O. The van der Waals surface area contributed by atoms with E-state index in [1.165, 1.54) is 0 Å². The lowest BCUT2D eigenvalue weighted by molar-refractivity contribution is 0.415. The second kappa shape index (κ2) is 5.83. The van der Waals surface area contributed by atoms with Crippen molar-refractivity contribution in [3.05, 3.63) is 42.6 Å². The van der Waals surface area contributed by atoms with Gasteiger partial charge in [0, 0.05) is 12.1 Å². The maximum absolute atomic E-state index is 5.19. The van der Waals surface area contributed by atoms with Gasteiger partial charge in [-0.05, 0) is 42.8 Å². The molecule has 3 rings (SSSR count). The first-order chi connectivity index (χ1) is 10.3. The highest BCUT2D eigenvalue weighted by molar-refractivity contribution is 5.64. The third-order valence-corrected chi connectivity index (χ3v) is 3.30. The number of imidazole rings is 1. The molecule has 5 heteroatoms. The molecule has 0 spiro atoms. The maximum Gasteiger partial charge on any atom is 0.154 e. The van der Waals surface area contributed by atoms with Crippen molar-refractivity contribution in [3.63, 3.8) is 0 Å². The van der Waals surface area contributed by atoms with Crippen LogP contribution in [-0.2, 0) is 0 Å². The molecule has 0 bridgehead atoms. The van der Waals surface area contributed by atoms with Crippen molar-refractivity contribution in [1.82, 2.24) is 14.6 Å². The first-order valence-corrected chi connectivity index (χ1v) is 7.05. The molecule has 1 N–H and O–H groups in total.